The summed E-state index contributed by atoms with van der Waals surface area (Å²) in [6.45, 7) is 1.14. The molecule has 12 nitrogen and oxygen atoms in total. The summed E-state index contributed by atoms with van der Waals surface area (Å²) in [5, 5.41) is 25.8. The second-order valence-corrected chi connectivity index (χ2v) is 8.95. The van der Waals surface area contributed by atoms with Crippen LogP contribution >= 0.6 is 11.6 Å². The number of aliphatic hydroxyl groups excluding tert-OH is 2. The Hall–Kier alpha value is -2.09. The molecule has 1 aliphatic carbocycles. The number of hydrogen-bond donors (Lipinski definition) is 3. The van der Waals surface area contributed by atoms with E-state index in [1.807, 2.05) is 0 Å². The van der Waals surface area contributed by atoms with Gasteiger partial charge in [0.05, 0.1) is 25.0 Å². The summed E-state index contributed by atoms with van der Waals surface area (Å²) in [6, 6.07) is 0.107. The van der Waals surface area contributed by atoms with E-state index in [2.05, 4.69) is 20.3 Å². The highest BCUT2D eigenvalue weighted by Crippen LogP contribution is 2.34. The first-order valence-corrected chi connectivity index (χ1v) is 11.6. The SMILES string of the molecule is O=CN(OC[C@H]1O[C@@H](n2cnc3c(N[C@@H]4CCOC4)nc(Cl)nc32)[C@H](O)[C@@H]1O)C1CCCC1. The topological polar surface area (TPSA) is 144 Å². The zero-order valence-corrected chi connectivity index (χ0v) is 18.7. The van der Waals surface area contributed by atoms with Crippen molar-refractivity contribution >= 4 is 35.0 Å². The van der Waals surface area contributed by atoms with Gasteiger partial charge in [0.25, 0.3) is 0 Å². The van der Waals surface area contributed by atoms with E-state index in [-0.39, 0.29) is 24.0 Å². The Morgan fingerprint density at radius 3 is 2.82 bits per heavy atom. The van der Waals surface area contributed by atoms with Crippen LogP contribution in [0.15, 0.2) is 6.33 Å². The lowest BCUT2D eigenvalue weighted by atomic mass is 10.1. The fourth-order valence-corrected chi connectivity index (χ4v) is 4.82. The van der Waals surface area contributed by atoms with Crippen LogP contribution in [0.25, 0.3) is 11.2 Å². The van der Waals surface area contributed by atoms with Gasteiger partial charge in [-0.25, -0.2) is 10.0 Å². The number of imidazole rings is 1. The van der Waals surface area contributed by atoms with Crippen LogP contribution in [0, 0.1) is 0 Å². The molecule has 3 aliphatic rings. The Balaban J connectivity index is 1.32. The molecule has 4 heterocycles. The van der Waals surface area contributed by atoms with Crippen molar-refractivity contribution in [2.45, 2.75) is 68.7 Å². The van der Waals surface area contributed by atoms with E-state index >= 15 is 0 Å². The van der Waals surface area contributed by atoms with Gasteiger partial charge in [0.1, 0.15) is 24.9 Å². The normalized spacial score (nSPS) is 30.3. The molecule has 2 aliphatic heterocycles. The van der Waals surface area contributed by atoms with E-state index in [9.17, 15) is 15.0 Å². The number of amides is 1. The molecule has 2 saturated heterocycles. The maximum absolute atomic E-state index is 11.4. The number of nitrogens with zero attached hydrogens (tertiary/aromatic N) is 5. The third-order valence-corrected chi connectivity index (χ3v) is 6.62. The first kappa shape index (κ1) is 22.7. The monoisotopic (exact) mass is 482 g/mol. The number of aliphatic hydroxyl groups is 2. The van der Waals surface area contributed by atoms with E-state index in [4.69, 9.17) is 25.9 Å². The lowest BCUT2D eigenvalue weighted by Gasteiger charge is -2.25. The van der Waals surface area contributed by atoms with Crippen LogP contribution < -0.4 is 5.32 Å². The molecule has 0 aromatic carbocycles. The van der Waals surface area contributed by atoms with Gasteiger partial charge in [-0.05, 0) is 30.9 Å². The predicted molar refractivity (Wildman–Crippen MR) is 115 cm³/mol. The summed E-state index contributed by atoms with van der Waals surface area (Å²) in [5.74, 6) is 0.463. The Morgan fingerprint density at radius 1 is 1.27 bits per heavy atom. The maximum Gasteiger partial charge on any atom is 0.233 e. The second-order valence-electron chi connectivity index (χ2n) is 8.62. The Kier molecular flexibility index (Phi) is 6.63. The van der Waals surface area contributed by atoms with Crippen LogP contribution in [-0.2, 0) is 19.1 Å². The summed E-state index contributed by atoms with van der Waals surface area (Å²) in [6.07, 6.45) is 2.49. The molecule has 2 aromatic rings. The zero-order chi connectivity index (χ0) is 22.9. The number of ether oxygens (including phenoxy) is 2. The number of nitrogens with one attached hydrogen (secondary N) is 1. The molecule has 3 N–H and O–H groups in total. The van der Waals surface area contributed by atoms with Crippen LogP contribution in [0.1, 0.15) is 38.3 Å². The zero-order valence-electron chi connectivity index (χ0n) is 17.9. The van der Waals surface area contributed by atoms with E-state index in [0.717, 1.165) is 32.1 Å². The lowest BCUT2D eigenvalue weighted by molar-refractivity contribution is -0.204. The van der Waals surface area contributed by atoms with Crippen LogP contribution in [0.5, 0.6) is 0 Å². The molecular weight excluding hydrogens is 456 g/mol. The van der Waals surface area contributed by atoms with Gasteiger partial charge >= 0.3 is 0 Å². The highest BCUT2D eigenvalue weighted by molar-refractivity contribution is 6.28. The fraction of sp³-hybridized carbons (Fsp3) is 0.700. The number of carbonyl (C=O) groups excluding carboxylic acids is 1. The highest BCUT2D eigenvalue weighted by atomic mass is 35.5. The summed E-state index contributed by atoms with van der Waals surface area (Å²) >= 11 is 6.16. The second kappa shape index (κ2) is 9.65. The lowest BCUT2D eigenvalue weighted by Crippen LogP contribution is -2.39. The van der Waals surface area contributed by atoms with Gasteiger partial charge in [0.2, 0.25) is 11.7 Å². The van der Waals surface area contributed by atoms with Crippen molar-refractivity contribution in [3.05, 3.63) is 11.6 Å². The van der Waals surface area contributed by atoms with Crippen molar-refractivity contribution < 1.29 is 29.3 Å². The molecule has 0 bridgehead atoms. The minimum absolute atomic E-state index is 0.0109. The van der Waals surface area contributed by atoms with E-state index < -0.39 is 24.5 Å². The fourth-order valence-electron chi connectivity index (χ4n) is 4.66. The van der Waals surface area contributed by atoms with E-state index in [1.54, 1.807) is 0 Å². The molecule has 1 saturated carbocycles. The maximum atomic E-state index is 11.4. The van der Waals surface area contributed by atoms with Crippen molar-refractivity contribution in [2.24, 2.45) is 0 Å². The van der Waals surface area contributed by atoms with Crippen molar-refractivity contribution in [3.63, 3.8) is 0 Å². The van der Waals surface area contributed by atoms with Crippen molar-refractivity contribution in [2.75, 3.05) is 25.1 Å². The Bertz CT molecular complexity index is 981. The largest absolute Gasteiger partial charge is 0.387 e. The van der Waals surface area contributed by atoms with Gasteiger partial charge in [0.15, 0.2) is 23.2 Å². The van der Waals surface area contributed by atoms with E-state index in [0.29, 0.717) is 36.6 Å². The molecule has 0 radical (unpaired) electrons. The summed E-state index contributed by atoms with van der Waals surface area (Å²) in [4.78, 5) is 29.9. The molecule has 1 amide bonds. The molecule has 180 valence electrons. The highest BCUT2D eigenvalue weighted by Gasteiger charge is 2.45. The number of hydrogen-bond acceptors (Lipinski definition) is 10. The third kappa shape index (κ3) is 4.51. The van der Waals surface area contributed by atoms with Gasteiger partial charge < -0.3 is 25.0 Å². The van der Waals surface area contributed by atoms with E-state index in [1.165, 1.54) is 16.0 Å². The van der Waals surface area contributed by atoms with Gasteiger partial charge in [0, 0.05) is 6.61 Å². The number of carbonyl (C=O) groups is 1. The number of aromatic nitrogens is 4. The molecule has 3 fully saturated rings. The quantitative estimate of drug-likeness (QED) is 0.278. The van der Waals surface area contributed by atoms with Gasteiger partial charge in [-0.15, -0.1) is 0 Å². The molecule has 33 heavy (non-hydrogen) atoms. The first-order valence-electron chi connectivity index (χ1n) is 11.2. The standard InChI is InChI=1S/C20H27ClN6O6/c21-20-24-17(23-11-5-6-31-7-11)14-18(25-20)26(9-22-14)19-16(30)15(29)13(33-19)8-32-27(10-28)12-3-1-2-4-12/h9-13,15-16,19,29-30H,1-8H2,(H,23,24,25)/t11-,13-,15-,16-,19-/m1/s1. The van der Waals surface area contributed by atoms with Crippen LogP contribution in [0.2, 0.25) is 5.28 Å². The van der Waals surface area contributed by atoms with Gasteiger partial charge in [-0.2, -0.15) is 9.97 Å². The van der Waals surface area contributed by atoms with Crippen molar-refractivity contribution in [1.29, 1.82) is 0 Å². The Labute approximate surface area is 194 Å². The summed E-state index contributed by atoms with van der Waals surface area (Å²) in [7, 11) is 0. The molecule has 0 unspecified atom stereocenters. The smallest absolute Gasteiger partial charge is 0.233 e. The predicted octanol–water partition coefficient (Wildman–Crippen LogP) is 0.632. The van der Waals surface area contributed by atoms with Gasteiger partial charge in [-0.1, -0.05) is 12.8 Å². The van der Waals surface area contributed by atoms with Crippen molar-refractivity contribution in [1.82, 2.24) is 24.6 Å². The van der Waals surface area contributed by atoms with Gasteiger partial charge in [-0.3, -0.25) is 14.2 Å². The minimum Gasteiger partial charge on any atom is -0.387 e. The number of hydroxylamine groups is 2. The average Bonchev–Trinajstić information content (AvgIpc) is 3.60. The van der Waals surface area contributed by atoms with Crippen molar-refractivity contribution in [3.8, 4) is 0 Å². The molecular formula is C20H27ClN6O6. The molecule has 2 aromatic heterocycles. The summed E-state index contributed by atoms with van der Waals surface area (Å²) < 4.78 is 12.8. The third-order valence-electron chi connectivity index (χ3n) is 6.45. The van der Waals surface area contributed by atoms with Crippen LogP contribution in [0.4, 0.5) is 5.82 Å². The number of anilines is 1. The minimum atomic E-state index is -1.26. The molecule has 5 rings (SSSR count). The molecule has 13 heteroatoms. The first-order chi connectivity index (χ1) is 16.0. The number of halogens is 1. The van der Waals surface area contributed by atoms with Crippen LogP contribution in [0.3, 0.4) is 0 Å². The molecule has 0 spiro atoms. The molecule has 5 atom stereocenters. The Morgan fingerprint density at radius 2 is 2.09 bits per heavy atom. The number of fused-ring (bicyclic) bond motifs is 1. The average molecular weight is 483 g/mol. The van der Waals surface area contributed by atoms with Crippen LogP contribution in [-0.4, -0.2) is 91.4 Å². The number of rotatable bonds is 8. The summed E-state index contributed by atoms with van der Waals surface area (Å²) in [5.41, 5.74) is 0.819.